The van der Waals surface area contributed by atoms with Crippen molar-refractivity contribution in [3.05, 3.63) is 34.9 Å². The molecule has 24 heavy (non-hydrogen) atoms. The molecule has 0 saturated carbocycles. The molecule has 1 heterocycles. The number of benzene rings is 1. The summed E-state index contributed by atoms with van der Waals surface area (Å²) in [6, 6.07) is 6.76. The first-order valence-electron chi connectivity index (χ1n) is 9.27. The molecule has 4 nitrogen and oxygen atoms in total. The molecule has 1 saturated heterocycles. The van der Waals surface area contributed by atoms with Crippen molar-refractivity contribution >= 4 is 5.96 Å². The van der Waals surface area contributed by atoms with Crippen molar-refractivity contribution in [2.75, 3.05) is 40.3 Å². The Kier molecular flexibility index (Phi) is 7.57. The molecule has 2 rings (SSSR count). The first kappa shape index (κ1) is 18.8. The molecule has 1 aliphatic rings. The molecule has 1 aromatic carbocycles. The highest BCUT2D eigenvalue weighted by Crippen LogP contribution is 2.18. The molecule has 1 aromatic rings. The number of likely N-dealkylation sites (tertiary alicyclic amines) is 1. The molecular weight excluding hydrogens is 296 g/mol. The van der Waals surface area contributed by atoms with E-state index in [0.717, 1.165) is 31.4 Å². The van der Waals surface area contributed by atoms with E-state index < -0.39 is 0 Å². The highest BCUT2D eigenvalue weighted by molar-refractivity contribution is 5.79. The molecule has 0 aliphatic carbocycles. The largest absolute Gasteiger partial charge is 0.356 e. The van der Waals surface area contributed by atoms with Crippen molar-refractivity contribution in [2.45, 2.75) is 39.5 Å². The molecule has 1 fully saturated rings. The zero-order valence-electron chi connectivity index (χ0n) is 15.9. The summed E-state index contributed by atoms with van der Waals surface area (Å²) < 4.78 is 0. The van der Waals surface area contributed by atoms with E-state index >= 15 is 0 Å². The second-order valence-electron chi connectivity index (χ2n) is 7.21. The quantitative estimate of drug-likeness (QED) is 0.622. The zero-order valence-corrected chi connectivity index (χ0v) is 15.9. The Hall–Kier alpha value is -1.55. The summed E-state index contributed by atoms with van der Waals surface area (Å²) in [6.07, 6.45) is 4.93. The van der Waals surface area contributed by atoms with E-state index in [9.17, 15) is 0 Å². The number of aliphatic imine (C=N–C) groups is 1. The standard InChI is InChI=1S/C20H34N4/c1-16-13-17(2)15-19(14-16)6-10-23-20(21-3)22-9-5-18-7-11-24(4)12-8-18/h13-15,18H,5-12H2,1-4H3,(H2,21,22,23). The van der Waals surface area contributed by atoms with Crippen LogP contribution in [0.2, 0.25) is 0 Å². The Bertz CT molecular complexity index is 510. The van der Waals surface area contributed by atoms with Gasteiger partial charge in [-0.1, -0.05) is 29.3 Å². The Morgan fingerprint density at radius 1 is 1.08 bits per heavy atom. The lowest BCUT2D eigenvalue weighted by molar-refractivity contribution is 0.213. The third-order valence-electron chi connectivity index (χ3n) is 4.89. The molecule has 0 bridgehead atoms. The fraction of sp³-hybridized carbons (Fsp3) is 0.650. The van der Waals surface area contributed by atoms with Crippen molar-refractivity contribution < 1.29 is 0 Å². The van der Waals surface area contributed by atoms with Gasteiger partial charge in [-0.05, 0) is 71.1 Å². The predicted molar refractivity (Wildman–Crippen MR) is 104 cm³/mol. The van der Waals surface area contributed by atoms with Crippen LogP contribution in [0.3, 0.4) is 0 Å². The van der Waals surface area contributed by atoms with Crippen LogP contribution in [0.4, 0.5) is 0 Å². The summed E-state index contributed by atoms with van der Waals surface area (Å²) in [4.78, 5) is 6.76. The molecule has 4 heteroatoms. The van der Waals surface area contributed by atoms with Crippen LogP contribution in [-0.4, -0.2) is 51.1 Å². The number of nitrogens with zero attached hydrogens (tertiary/aromatic N) is 2. The van der Waals surface area contributed by atoms with Gasteiger partial charge in [0.05, 0.1) is 0 Å². The predicted octanol–water partition coefficient (Wildman–Crippen LogP) is 2.74. The van der Waals surface area contributed by atoms with Gasteiger partial charge in [0, 0.05) is 20.1 Å². The van der Waals surface area contributed by atoms with Crippen LogP contribution in [0, 0.1) is 19.8 Å². The van der Waals surface area contributed by atoms with E-state index in [1.165, 1.54) is 49.0 Å². The smallest absolute Gasteiger partial charge is 0.190 e. The normalized spacial score (nSPS) is 17.1. The van der Waals surface area contributed by atoms with Crippen molar-refractivity contribution in [2.24, 2.45) is 10.9 Å². The van der Waals surface area contributed by atoms with Crippen LogP contribution >= 0.6 is 0 Å². The van der Waals surface area contributed by atoms with E-state index in [1.807, 2.05) is 7.05 Å². The first-order chi connectivity index (χ1) is 11.6. The van der Waals surface area contributed by atoms with Gasteiger partial charge in [0.15, 0.2) is 5.96 Å². The molecule has 0 aromatic heterocycles. The Morgan fingerprint density at radius 3 is 2.33 bits per heavy atom. The number of guanidine groups is 1. The minimum absolute atomic E-state index is 0.863. The molecule has 0 unspecified atom stereocenters. The van der Waals surface area contributed by atoms with Gasteiger partial charge in [0.2, 0.25) is 0 Å². The van der Waals surface area contributed by atoms with Crippen molar-refractivity contribution in [3.63, 3.8) is 0 Å². The van der Waals surface area contributed by atoms with Crippen LogP contribution in [0.15, 0.2) is 23.2 Å². The molecule has 0 atom stereocenters. The van der Waals surface area contributed by atoms with Crippen molar-refractivity contribution in [1.29, 1.82) is 0 Å². The molecular formula is C20H34N4. The third-order valence-corrected chi connectivity index (χ3v) is 4.89. The first-order valence-corrected chi connectivity index (χ1v) is 9.27. The second kappa shape index (κ2) is 9.67. The zero-order chi connectivity index (χ0) is 17.4. The van der Waals surface area contributed by atoms with E-state index in [1.54, 1.807) is 0 Å². The molecule has 134 valence electrons. The van der Waals surface area contributed by atoms with Crippen molar-refractivity contribution in [3.8, 4) is 0 Å². The second-order valence-corrected chi connectivity index (χ2v) is 7.21. The van der Waals surface area contributed by atoms with E-state index in [0.29, 0.717) is 0 Å². The maximum atomic E-state index is 4.34. The van der Waals surface area contributed by atoms with Gasteiger partial charge in [-0.2, -0.15) is 0 Å². The van der Waals surface area contributed by atoms with Gasteiger partial charge < -0.3 is 15.5 Å². The average molecular weight is 331 g/mol. The lowest BCUT2D eigenvalue weighted by atomic mass is 9.94. The van der Waals surface area contributed by atoms with Crippen LogP contribution in [-0.2, 0) is 6.42 Å². The van der Waals surface area contributed by atoms with Gasteiger partial charge >= 0.3 is 0 Å². The Morgan fingerprint density at radius 2 is 1.71 bits per heavy atom. The van der Waals surface area contributed by atoms with Crippen LogP contribution in [0.1, 0.15) is 36.0 Å². The maximum absolute atomic E-state index is 4.34. The van der Waals surface area contributed by atoms with E-state index in [4.69, 9.17) is 0 Å². The molecule has 0 amide bonds. The summed E-state index contributed by atoms with van der Waals surface area (Å²) in [7, 11) is 4.07. The lowest BCUT2D eigenvalue weighted by Gasteiger charge is -2.29. The molecule has 2 N–H and O–H groups in total. The minimum Gasteiger partial charge on any atom is -0.356 e. The van der Waals surface area contributed by atoms with Gasteiger partial charge in [0.25, 0.3) is 0 Å². The summed E-state index contributed by atoms with van der Waals surface area (Å²) in [5.74, 6) is 1.79. The number of rotatable bonds is 6. The Labute approximate surface area is 147 Å². The fourth-order valence-electron chi connectivity index (χ4n) is 3.50. The monoisotopic (exact) mass is 330 g/mol. The molecule has 0 radical (unpaired) electrons. The SMILES string of the molecule is CN=C(NCCc1cc(C)cc(C)c1)NCCC1CCN(C)CC1. The number of aryl methyl sites for hydroxylation is 2. The number of piperidine rings is 1. The average Bonchev–Trinajstić information content (AvgIpc) is 2.54. The third kappa shape index (κ3) is 6.52. The van der Waals surface area contributed by atoms with Gasteiger partial charge in [-0.25, -0.2) is 0 Å². The van der Waals surface area contributed by atoms with Gasteiger partial charge in [0.1, 0.15) is 0 Å². The molecule has 0 spiro atoms. The number of hydrogen-bond acceptors (Lipinski definition) is 2. The van der Waals surface area contributed by atoms with Crippen molar-refractivity contribution in [1.82, 2.24) is 15.5 Å². The van der Waals surface area contributed by atoms with E-state index in [2.05, 4.69) is 59.6 Å². The lowest BCUT2D eigenvalue weighted by Crippen LogP contribution is -2.39. The van der Waals surface area contributed by atoms with E-state index in [-0.39, 0.29) is 0 Å². The highest BCUT2D eigenvalue weighted by Gasteiger charge is 2.16. The van der Waals surface area contributed by atoms with Gasteiger partial charge in [-0.3, -0.25) is 4.99 Å². The van der Waals surface area contributed by atoms with Crippen LogP contribution in [0.5, 0.6) is 0 Å². The Balaban J connectivity index is 1.65. The fourth-order valence-corrected chi connectivity index (χ4v) is 3.50. The topological polar surface area (TPSA) is 39.7 Å². The minimum atomic E-state index is 0.863. The molecule has 1 aliphatic heterocycles. The number of nitrogens with one attached hydrogen (secondary N) is 2. The van der Waals surface area contributed by atoms with Gasteiger partial charge in [-0.15, -0.1) is 0 Å². The summed E-state index contributed by atoms with van der Waals surface area (Å²) in [5.41, 5.74) is 4.07. The van der Waals surface area contributed by atoms with Crippen LogP contribution in [0.25, 0.3) is 0 Å². The maximum Gasteiger partial charge on any atom is 0.190 e. The summed E-state index contributed by atoms with van der Waals surface area (Å²) in [5, 5.41) is 6.89. The van der Waals surface area contributed by atoms with Crippen LogP contribution < -0.4 is 10.6 Å². The highest BCUT2D eigenvalue weighted by atomic mass is 15.2. The summed E-state index contributed by atoms with van der Waals surface area (Å²) in [6.45, 7) is 8.73. The summed E-state index contributed by atoms with van der Waals surface area (Å²) >= 11 is 0. The number of hydrogen-bond donors (Lipinski definition) is 2.